The highest BCUT2D eigenvalue weighted by molar-refractivity contribution is 5.67. The second kappa shape index (κ2) is 6.07. The van der Waals surface area contributed by atoms with Gasteiger partial charge in [0.25, 0.3) is 0 Å². The summed E-state index contributed by atoms with van der Waals surface area (Å²) in [7, 11) is 0. The van der Waals surface area contributed by atoms with Gasteiger partial charge in [-0.2, -0.15) is 0 Å². The lowest BCUT2D eigenvalue weighted by Crippen LogP contribution is -2.24. The molecule has 0 fully saturated rings. The summed E-state index contributed by atoms with van der Waals surface area (Å²) in [6.07, 6.45) is 0.500. The van der Waals surface area contributed by atoms with Gasteiger partial charge in [0.2, 0.25) is 0 Å². The van der Waals surface area contributed by atoms with Gasteiger partial charge in [0.15, 0.2) is 0 Å². The van der Waals surface area contributed by atoms with E-state index in [9.17, 15) is 9.59 Å². The summed E-state index contributed by atoms with van der Waals surface area (Å²) < 4.78 is 4.54. The molecule has 0 saturated carbocycles. The van der Waals surface area contributed by atoms with Crippen molar-refractivity contribution in [3.05, 3.63) is 0 Å². The minimum atomic E-state index is -0.468. The molecule has 0 atom stereocenters. The Morgan fingerprint density at radius 3 is 2.90 bits per heavy atom. The fraction of sp³-hybridized carbons (Fsp3) is 0.667. The summed E-state index contributed by atoms with van der Waals surface area (Å²) in [5, 5.41) is 2.43. The van der Waals surface area contributed by atoms with E-state index >= 15 is 0 Å². The van der Waals surface area contributed by atoms with Crippen molar-refractivity contribution in [3.63, 3.8) is 0 Å². The fourth-order valence-electron chi connectivity index (χ4n) is 0.395. The number of aldehydes is 1. The number of amides is 1. The topological polar surface area (TPSA) is 55.4 Å². The van der Waals surface area contributed by atoms with Gasteiger partial charge in [-0.1, -0.05) is 0 Å². The monoisotopic (exact) mass is 145 g/mol. The van der Waals surface area contributed by atoms with Crippen LogP contribution in [0.4, 0.5) is 4.79 Å². The molecule has 0 unspecified atom stereocenters. The summed E-state index contributed by atoms with van der Waals surface area (Å²) in [5.74, 6) is 0. The molecule has 0 aromatic heterocycles. The molecule has 0 aromatic carbocycles. The minimum Gasteiger partial charge on any atom is -0.449 e. The van der Waals surface area contributed by atoms with E-state index in [0.29, 0.717) is 12.8 Å². The van der Waals surface area contributed by atoms with E-state index in [1.54, 1.807) is 6.92 Å². The molecule has 0 aliphatic heterocycles. The van der Waals surface area contributed by atoms with Gasteiger partial charge in [0.1, 0.15) is 6.29 Å². The highest BCUT2D eigenvalue weighted by atomic mass is 16.5. The smallest absolute Gasteiger partial charge is 0.407 e. The average molecular weight is 145 g/mol. The number of carbonyl (C=O) groups is 2. The first-order chi connectivity index (χ1) is 4.81. The third-order valence-corrected chi connectivity index (χ3v) is 0.790. The van der Waals surface area contributed by atoms with Crippen molar-refractivity contribution in [2.75, 3.05) is 13.2 Å². The maximum atomic E-state index is 10.5. The number of hydrogen-bond acceptors (Lipinski definition) is 3. The molecule has 0 aliphatic carbocycles. The first kappa shape index (κ1) is 8.94. The maximum Gasteiger partial charge on any atom is 0.407 e. The van der Waals surface area contributed by atoms with Crippen LogP contribution in [-0.2, 0) is 9.53 Å². The van der Waals surface area contributed by atoms with Gasteiger partial charge in [-0.15, -0.1) is 0 Å². The van der Waals surface area contributed by atoms with Gasteiger partial charge in [-0.25, -0.2) is 4.79 Å². The molecule has 4 heteroatoms. The van der Waals surface area contributed by atoms with Crippen LogP contribution in [0, 0.1) is 0 Å². The van der Waals surface area contributed by atoms with Gasteiger partial charge in [-0.05, 0) is 6.92 Å². The van der Waals surface area contributed by atoms with Crippen LogP contribution in [0.1, 0.15) is 13.3 Å². The molecular formula is C6H11NO3. The summed E-state index contributed by atoms with van der Waals surface area (Å²) >= 11 is 0. The summed E-state index contributed by atoms with van der Waals surface area (Å²) in [6.45, 7) is 2.50. The van der Waals surface area contributed by atoms with Crippen molar-refractivity contribution < 1.29 is 14.3 Å². The predicted octanol–water partition coefficient (Wildman–Crippen LogP) is 0.322. The highest BCUT2D eigenvalue weighted by Crippen LogP contribution is 1.79. The van der Waals surface area contributed by atoms with Crippen LogP contribution < -0.4 is 5.32 Å². The quantitative estimate of drug-likeness (QED) is 0.458. The summed E-state index contributed by atoms with van der Waals surface area (Å²) in [6, 6.07) is 0. The number of carbonyl (C=O) groups excluding carboxylic acids is 2. The molecule has 1 N–H and O–H groups in total. The molecular weight excluding hydrogens is 134 g/mol. The minimum absolute atomic E-state index is 0.162. The number of hydrogen-bond donors (Lipinski definition) is 1. The maximum absolute atomic E-state index is 10.5. The Morgan fingerprint density at radius 1 is 1.70 bits per heavy atom. The molecule has 58 valence electrons. The first-order valence-electron chi connectivity index (χ1n) is 3.15. The van der Waals surface area contributed by atoms with Crippen LogP contribution in [0.3, 0.4) is 0 Å². The molecule has 4 nitrogen and oxygen atoms in total. The van der Waals surface area contributed by atoms with E-state index < -0.39 is 6.09 Å². The van der Waals surface area contributed by atoms with Crippen LogP contribution in [-0.4, -0.2) is 25.5 Å². The molecule has 0 radical (unpaired) electrons. The van der Waals surface area contributed by atoms with E-state index in [1.807, 2.05) is 0 Å². The Labute approximate surface area is 59.6 Å². The van der Waals surface area contributed by atoms with E-state index in [1.165, 1.54) is 0 Å². The Kier molecular flexibility index (Phi) is 5.42. The number of nitrogens with one attached hydrogen (secondary N) is 1. The van der Waals surface area contributed by atoms with Crippen molar-refractivity contribution in [2.45, 2.75) is 13.3 Å². The SMILES string of the molecule is CCNC(=O)OCCC=O. The van der Waals surface area contributed by atoms with Gasteiger partial charge >= 0.3 is 6.09 Å². The lowest BCUT2D eigenvalue weighted by atomic mass is 10.5. The van der Waals surface area contributed by atoms with E-state index in [-0.39, 0.29) is 13.0 Å². The Hall–Kier alpha value is -1.06. The zero-order valence-corrected chi connectivity index (χ0v) is 5.92. The fourth-order valence-corrected chi connectivity index (χ4v) is 0.395. The van der Waals surface area contributed by atoms with E-state index in [0.717, 1.165) is 0 Å². The van der Waals surface area contributed by atoms with Crippen molar-refractivity contribution in [2.24, 2.45) is 0 Å². The second-order valence-electron chi connectivity index (χ2n) is 1.62. The first-order valence-corrected chi connectivity index (χ1v) is 3.15. The zero-order valence-electron chi connectivity index (χ0n) is 5.92. The molecule has 0 aliphatic rings. The third kappa shape index (κ3) is 5.08. The zero-order chi connectivity index (χ0) is 7.82. The summed E-state index contributed by atoms with van der Waals surface area (Å²) in [4.78, 5) is 20.2. The molecule has 0 heterocycles. The Bertz CT molecular complexity index is 114. The molecule has 1 amide bonds. The largest absolute Gasteiger partial charge is 0.449 e. The predicted molar refractivity (Wildman–Crippen MR) is 35.7 cm³/mol. The molecule has 0 saturated heterocycles. The van der Waals surface area contributed by atoms with Gasteiger partial charge in [0, 0.05) is 13.0 Å². The van der Waals surface area contributed by atoms with Crippen LogP contribution >= 0.6 is 0 Å². The van der Waals surface area contributed by atoms with Crippen LogP contribution in [0.5, 0.6) is 0 Å². The Balaban J connectivity index is 3.13. The van der Waals surface area contributed by atoms with Crippen molar-refractivity contribution in [3.8, 4) is 0 Å². The molecule has 0 aromatic rings. The second-order valence-corrected chi connectivity index (χ2v) is 1.62. The molecule has 10 heavy (non-hydrogen) atoms. The average Bonchev–Trinajstić information content (AvgIpc) is 1.89. The van der Waals surface area contributed by atoms with Crippen molar-refractivity contribution in [1.29, 1.82) is 0 Å². The van der Waals surface area contributed by atoms with Gasteiger partial charge in [0.05, 0.1) is 6.61 Å². The van der Waals surface area contributed by atoms with Crippen LogP contribution in [0.15, 0.2) is 0 Å². The third-order valence-electron chi connectivity index (χ3n) is 0.790. The number of alkyl carbamates (subject to hydrolysis) is 1. The summed E-state index contributed by atoms with van der Waals surface area (Å²) in [5.41, 5.74) is 0. The van der Waals surface area contributed by atoms with Crippen molar-refractivity contribution >= 4 is 12.4 Å². The van der Waals surface area contributed by atoms with E-state index in [4.69, 9.17) is 0 Å². The van der Waals surface area contributed by atoms with Gasteiger partial charge < -0.3 is 14.8 Å². The molecule has 0 spiro atoms. The lowest BCUT2D eigenvalue weighted by Gasteiger charge is -2.01. The number of rotatable bonds is 4. The highest BCUT2D eigenvalue weighted by Gasteiger charge is 1.96. The van der Waals surface area contributed by atoms with Crippen LogP contribution in [0.2, 0.25) is 0 Å². The van der Waals surface area contributed by atoms with Crippen molar-refractivity contribution in [1.82, 2.24) is 5.32 Å². The molecule has 0 bridgehead atoms. The van der Waals surface area contributed by atoms with Gasteiger partial charge in [-0.3, -0.25) is 0 Å². The molecule has 0 rings (SSSR count). The Morgan fingerprint density at radius 2 is 2.40 bits per heavy atom. The standard InChI is InChI=1S/C6H11NO3/c1-2-7-6(9)10-5-3-4-8/h4H,2-3,5H2,1H3,(H,7,9). The number of ether oxygens (including phenoxy) is 1. The normalized spacial score (nSPS) is 8.50. The van der Waals surface area contributed by atoms with Crippen LogP contribution in [0.25, 0.3) is 0 Å². The van der Waals surface area contributed by atoms with E-state index in [2.05, 4.69) is 10.1 Å². The lowest BCUT2D eigenvalue weighted by molar-refractivity contribution is -0.108.